The summed E-state index contributed by atoms with van der Waals surface area (Å²) in [6, 6.07) is 5.53. The van der Waals surface area contributed by atoms with Crippen molar-refractivity contribution in [3.63, 3.8) is 0 Å². The molecule has 0 saturated heterocycles. The van der Waals surface area contributed by atoms with Crippen LogP contribution in [0.25, 0.3) is 0 Å². The van der Waals surface area contributed by atoms with Gasteiger partial charge in [-0.3, -0.25) is 4.98 Å². The Morgan fingerprint density at radius 1 is 1.35 bits per heavy atom. The van der Waals surface area contributed by atoms with Gasteiger partial charge < -0.3 is 9.53 Å². The summed E-state index contributed by atoms with van der Waals surface area (Å²) in [4.78, 5) is 4.13. The lowest BCUT2D eigenvalue weighted by atomic mass is 10.2. The SMILES string of the molecule is CC(C)(C)[Si](C)(C)OCC(O)c1ccccn1. The van der Waals surface area contributed by atoms with Gasteiger partial charge in [0.1, 0.15) is 6.10 Å². The van der Waals surface area contributed by atoms with Crippen molar-refractivity contribution < 1.29 is 9.53 Å². The van der Waals surface area contributed by atoms with Crippen molar-refractivity contribution in [2.75, 3.05) is 6.61 Å². The Morgan fingerprint density at radius 3 is 2.47 bits per heavy atom. The lowest BCUT2D eigenvalue weighted by Gasteiger charge is -2.36. The summed E-state index contributed by atoms with van der Waals surface area (Å²) in [6.07, 6.45) is 1.05. The van der Waals surface area contributed by atoms with E-state index in [-0.39, 0.29) is 5.04 Å². The van der Waals surface area contributed by atoms with Crippen LogP contribution in [0.3, 0.4) is 0 Å². The van der Waals surface area contributed by atoms with Crippen molar-refractivity contribution in [1.29, 1.82) is 0 Å². The Kier molecular flexibility index (Phi) is 4.46. The van der Waals surface area contributed by atoms with Gasteiger partial charge >= 0.3 is 0 Å². The molecule has 0 bridgehead atoms. The number of aromatic nitrogens is 1. The number of aliphatic hydroxyl groups excluding tert-OH is 1. The van der Waals surface area contributed by atoms with Crippen molar-refractivity contribution in [3.8, 4) is 0 Å². The highest BCUT2D eigenvalue weighted by atomic mass is 28.4. The van der Waals surface area contributed by atoms with Crippen LogP contribution >= 0.6 is 0 Å². The van der Waals surface area contributed by atoms with Gasteiger partial charge in [-0.2, -0.15) is 0 Å². The first-order chi connectivity index (χ1) is 7.74. The van der Waals surface area contributed by atoms with Crippen molar-refractivity contribution in [2.24, 2.45) is 0 Å². The Bertz CT molecular complexity index is 346. The molecular formula is C13H23NO2Si. The topological polar surface area (TPSA) is 42.4 Å². The number of hydrogen-bond donors (Lipinski definition) is 1. The van der Waals surface area contributed by atoms with Gasteiger partial charge in [0.2, 0.25) is 0 Å². The Hall–Kier alpha value is -0.713. The molecule has 1 aromatic heterocycles. The van der Waals surface area contributed by atoms with E-state index in [4.69, 9.17) is 4.43 Å². The van der Waals surface area contributed by atoms with Crippen LogP contribution in [0.4, 0.5) is 0 Å². The number of rotatable bonds is 4. The lowest BCUT2D eigenvalue weighted by molar-refractivity contribution is 0.0970. The average Bonchev–Trinajstić information content (AvgIpc) is 2.25. The second kappa shape index (κ2) is 5.29. The monoisotopic (exact) mass is 253 g/mol. The van der Waals surface area contributed by atoms with E-state index in [0.29, 0.717) is 12.3 Å². The van der Waals surface area contributed by atoms with Gasteiger partial charge in [-0.05, 0) is 30.3 Å². The predicted octanol–water partition coefficient (Wildman–Crippen LogP) is 3.14. The van der Waals surface area contributed by atoms with Crippen LogP contribution in [-0.2, 0) is 4.43 Å². The third-order valence-corrected chi connectivity index (χ3v) is 7.94. The van der Waals surface area contributed by atoms with Crippen molar-refractivity contribution in [3.05, 3.63) is 30.1 Å². The third kappa shape index (κ3) is 3.91. The van der Waals surface area contributed by atoms with Gasteiger partial charge in [0.25, 0.3) is 0 Å². The van der Waals surface area contributed by atoms with Gasteiger partial charge in [0, 0.05) is 6.20 Å². The lowest BCUT2D eigenvalue weighted by Crippen LogP contribution is -2.41. The largest absolute Gasteiger partial charge is 0.414 e. The maximum Gasteiger partial charge on any atom is 0.192 e. The summed E-state index contributed by atoms with van der Waals surface area (Å²) < 4.78 is 5.96. The van der Waals surface area contributed by atoms with Crippen LogP contribution in [0.5, 0.6) is 0 Å². The molecule has 0 aliphatic heterocycles. The Balaban J connectivity index is 2.58. The second-order valence-corrected chi connectivity index (χ2v) is 10.7. The minimum Gasteiger partial charge on any atom is -0.414 e. The maximum absolute atomic E-state index is 9.98. The van der Waals surface area contributed by atoms with Crippen LogP contribution < -0.4 is 0 Å². The highest BCUT2D eigenvalue weighted by Crippen LogP contribution is 2.36. The normalized spacial score (nSPS) is 14.7. The van der Waals surface area contributed by atoms with E-state index in [0.717, 1.165) is 0 Å². The molecule has 1 N–H and O–H groups in total. The fraction of sp³-hybridized carbons (Fsp3) is 0.615. The highest BCUT2D eigenvalue weighted by Gasteiger charge is 2.37. The van der Waals surface area contributed by atoms with Crippen molar-refractivity contribution >= 4 is 8.32 Å². The molecule has 0 radical (unpaired) electrons. The molecule has 4 heteroatoms. The number of pyridine rings is 1. The number of nitrogens with zero attached hydrogens (tertiary/aromatic N) is 1. The number of hydrogen-bond acceptors (Lipinski definition) is 3. The van der Waals surface area contributed by atoms with E-state index < -0.39 is 14.4 Å². The first-order valence-electron chi connectivity index (χ1n) is 5.97. The summed E-state index contributed by atoms with van der Waals surface area (Å²) in [6.45, 7) is 11.2. The second-order valence-electron chi connectivity index (χ2n) is 5.84. The van der Waals surface area contributed by atoms with Crippen molar-refractivity contribution in [1.82, 2.24) is 4.98 Å². The van der Waals surface area contributed by atoms with Crippen LogP contribution in [0, 0.1) is 0 Å². The minimum absolute atomic E-state index is 0.164. The standard InChI is InChI=1S/C13H23NO2Si/c1-13(2,3)17(4,5)16-10-12(15)11-8-6-7-9-14-11/h6-9,12,15H,10H2,1-5H3. The van der Waals surface area contributed by atoms with E-state index in [1.807, 2.05) is 18.2 Å². The minimum atomic E-state index is -1.79. The Morgan fingerprint density at radius 2 is 2.00 bits per heavy atom. The molecule has 1 atom stereocenters. The fourth-order valence-corrected chi connectivity index (χ4v) is 2.17. The molecule has 0 aliphatic rings. The predicted molar refractivity (Wildman–Crippen MR) is 72.3 cm³/mol. The molecule has 0 saturated carbocycles. The fourth-order valence-electron chi connectivity index (χ4n) is 1.16. The number of aliphatic hydroxyl groups is 1. The van der Waals surface area contributed by atoms with Crippen LogP contribution in [0.2, 0.25) is 18.1 Å². The van der Waals surface area contributed by atoms with Crippen LogP contribution in [-0.4, -0.2) is 25.0 Å². The average molecular weight is 253 g/mol. The molecule has 0 aliphatic carbocycles. The quantitative estimate of drug-likeness (QED) is 0.838. The summed E-state index contributed by atoms with van der Waals surface area (Å²) in [5.74, 6) is 0. The molecule has 1 unspecified atom stereocenters. The van der Waals surface area contributed by atoms with Gasteiger partial charge in [0.15, 0.2) is 8.32 Å². The molecule has 1 rings (SSSR count). The molecule has 0 fully saturated rings. The molecule has 1 heterocycles. The van der Waals surface area contributed by atoms with E-state index in [1.165, 1.54) is 0 Å². The zero-order chi connectivity index (χ0) is 13.1. The van der Waals surface area contributed by atoms with Crippen molar-refractivity contribution in [2.45, 2.75) is 45.0 Å². The van der Waals surface area contributed by atoms with Gasteiger partial charge in [-0.25, -0.2) is 0 Å². The third-order valence-electron chi connectivity index (χ3n) is 3.44. The zero-order valence-electron chi connectivity index (χ0n) is 11.4. The first kappa shape index (κ1) is 14.3. The highest BCUT2D eigenvalue weighted by molar-refractivity contribution is 6.74. The van der Waals surface area contributed by atoms with Gasteiger partial charge in [-0.15, -0.1) is 0 Å². The summed E-state index contributed by atoms with van der Waals surface area (Å²) in [5, 5.41) is 10.1. The summed E-state index contributed by atoms with van der Waals surface area (Å²) >= 11 is 0. The molecule has 3 nitrogen and oxygen atoms in total. The van der Waals surface area contributed by atoms with E-state index in [2.05, 4.69) is 38.8 Å². The van der Waals surface area contributed by atoms with Crippen LogP contribution in [0.15, 0.2) is 24.4 Å². The molecule has 0 aromatic carbocycles. The summed E-state index contributed by atoms with van der Waals surface area (Å²) in [7, 11) is -1.79. The smallest absolute Gasteiger partial charge is 0.192 e. The summed E-state index contributed by atoms with van der Waals surface area (Å²) in [5.41, 5.74) is 0.672. The molecular weight excluding hydrogens is 230 g/mol. The van der Waals surface area contributed by atoms with Gasteiger partial charge in [-0.1, -0.05) is 26.8 Å². The van der Waals surface area contributed by atoms with Crippen LogP contribution in [0.1, 0.15) is 32.6 Å². The molecule has 1 aromatic rings. The first-order valence-corrected chi connectivity index (χ1v) is 8.88. The molecule has 0 spiro atoms. The molecule has 96 valence electrons. The van der Waals surface area contributed by atoms with E-state index in [1.54, 1.807) is 6.20 Å². The zero-order valence-corrected chi connectivity index (χ0v) is 12.4. The maximum atomic E-state index is 9.98. The molecule has 0 amide bonds. The Labute approximate surface area is 105 Å². The van der Waals surface area contributed by atoms with E-state index >= 15 is 0 Å². The molecule has 17 heavy (non-hydrogen) atoms. The van der Waals surface area contributed by atoms with Gasteiger partial charge in [0.05, 0.1) is 12.3 Å². The van der Waals surface area contributed by atoms with E-state index in [9.17, 15) is 5.11 Å².